The van der Waals surface area contributed by atoms with Gasteiger partial charge in [-0.2, -0.15) is 0 Å². The minimum Gasteiger partial charge on any atom is -0.456 e. The van der Waals surface area contributed by atoms with Crippen LogP contribution in [-0.4, -0.2) is 8.42 Å². The molecule has 0 saturated carbocycles. The molecule has 0 radical (unpaired) electrons. The minimum atomic E-state index is -3.64. The molecule has 0 aliphatic heterocycles. The topological polar surface area (TPSA) is 47.3 Å². The van der Waals surface area contributed by atoms with E-state index in [0.717, 1.165) is 76.5 Å². The zero-order valence-electron chi connectivity index (χ0n) is 26.8. The van der Waals surface area contributed by atoms with Crippen molar-refractivity contribution in [3.05, 3.63) is 170 Å². The van der Waals surface area contributed by atoms with E-state index in [1.54, 1.807) is 36.4 Å². The molecule has 0 bridgehead atoms. The van der Waals surface area contributed by atoms with Crippen LogP contribution in [-0.2, 0) is 9.84 Å². The van der Waals surface area contributed by atoms with E-state index in [1.807, 2.05) is 18.2 Å². The third-order valence-electron chi connectivity index (χ3n) is 10.1. The van der Waals surface area contributed by atoms with E-state index in [4.69, 9.17) is 4.42 Å². The second-order valence-electron chi connectivity index (χ2n) is 12.8. The highest BCUT2D eigenvalue weighted by Crippen LogP contribution is 2.48. The van der Waals surface area contributed by atoms with Crippen LogP contribution in [0.25, 0.3) is 87.3 Å². The Morgan fingerprint density at radius 3 is 1.54 bits per heavy atom. The SMILES string of the molecule is O=S(=O)(c1ccccc1)c1ccc(-c2c3ccccc3c(-c3cc4oc5ccc6ccccc6c5c4c4ccccc34)c3ccccc23)cc1. The molecule has 1 heterocycles. The maximum Gasteiger partial charge on any atom is 0.206 e. The molecule has 4 heteroatoms. The number of furan rings is 1. The van der Waals surface area contributed by atoms with Gasteiger partial charge in [0.2, 0.25) is 9.84 Å². The summed E-state index contributed by atoms with van der Waals surface area (Å²) in [6, 6.07) is 56.6. The Kier molecular flexibility index (Phi) is 6.26. The fourth-order valence-corrected chi connectivity index (χ4v) is 9.16. The first-order valence-corrected chi connectivity index (χ1v) is 18.2. The van der Waals surface area contributed by atoms with Crippen molar-refractivity contribution in [3.8, 4) is 22.3 Å². The van der Waals surface area contributed by atoms with Gasteiger partial charge in [-0.15, -0.1) is 0 Å². The van der Waals surface area contributed by atoms with Crippen molar-refractivity contribution in [1.82, 2.24) is 0 Å². The monoisotopic (exact) mass is 660 g/mol. The van der Waals surface area contributed by atoms with Crippen LogP contribution < -0.4 is 0 Å². The summed E-state index contributed by atoms with van der Waals surface area (Å²) in [6.07, 6.45) is 0. The van der Waals surface area contributed by atoms with E-state index >= 15 is 0 Å². The van der Waals surface area contributed by atoms with E-state index < -0.39 is 9.84 Å². The van der Waals surface area contributed by atoms with Gasteiger partial charge in [-0.1, -0.05) is 133 Å². The zero-order chi connectivity index (χ0) is 33.4. The minimum absolute atomic E-state index is 0.274. The van der Waals surface area contributed by atoms with Crippen molar-refractivity contribution in [2.24, 2.45) is 0 Å². The van der Waals surface area contributed by atoms with Crippen molar-refractivity contribution in [2.45, 2.75) is 9.79 Å². The third-order valence-corrected chi connectivity index (χ3v) is 11.9. The van der Waals surface area contributed by atoms with E-state index in [9.17, 15) is 8.42 Å². The Bertz CT molecular complexity index is 3030. The predicted octanol–water partition coefficient (Wildman–Crippen LogP) is 12.4. The molecule has 10 aromatic rings. The van der Waals surface area contributed by atoms with Crippen LogP contribution in [0.4, 0.5) is 0 Å². The molecule has 9 aromatic carbocycles. The van der Waals surface area contributed by atoms with Gasteiger partial charge in [0.05, 0.1) is 9.79 Å². The highest BCUT2D eigenvalue weighted by atomic mass is 32.2. The van der Waals surface area contributed by atoms with Crippen LogP contribution in [0, 0.1) is 0 Å². The summed E-state index contributed by atoms with van der Waals surface area (Å²) < 4.78 is 33.5. The smallest absolute Gasteiger partial charge is 0.206 e. The fraction of sp³-hybridized carbons (Fsp3) is 0. The molecule has 10 rings (SSSR count). The van der Waals surface area contributed by atoms with Crippen molar-refractivity contribution in [2.75, 3.05) is 0 Å². The van der Waals surface area contributed by atoms with Crippen molar-refractivity contribution in [3.63, 3.8) is 0 Å². The number of hydrogen-bond acceptors (Lipinski definition) is 3. The molecule has 236 valence electrons. The highest BCUT2D eigenvalue weighted by molar-refractivity contribution is 7.91. The molecule has 0 N–H and O–H groups in total. The van der Waals surface area contributed by atoms with Crippen molar-refractivity contribution in [1.29, 1.82) is 0 Å². The summed E-state index contributed by atoms with van der Waals surface area (Å²) in [5.41, 5.74) is 6.03. The summed E-state index contributed by atoms with van der Waals surface area (Å²) in [5.74, 6) is 0. The molecule has 1 aromatic heterocycles. The van der Waals surface area contributed by atoms with Gasteiger partial charge in [-0.05, 0) is 102 Å². The van der Waals surface area contributed by atoms with Crippen molar-refractivity contribution < 1.29 is 12.8 Å². The molecule has 3 nitrogen and oxygen atoms in total. The quantitative estimate of drug-likeness (QED) is 0.177. The number of benzene rings is 9. The Labute approximate surface area is 288 Å². The predicted molar refractivity (Wildman–Crippen MR) is 207 cm³/mol. The summed E-state index contributed by atoms with van der Waals surface area (Å²) >= 11 is 0. The van der Waals surface area contributed by atoms with Gasteiger partial charge in [0, 0.05) is 10.8 Å². The van der Waals surface area contributed by atoms with Gasteiger partial charge in [0.1, 0.15) is 11.2 Å². The number of rotatable bonds is 4. The van der Waals surface area contributed by atoms with Gasteiger partial charge >= 0.3 is 0 Å². The summed E-state index contributed by atoms with van der Waals surface area (Å²) in [4.78, 5) is 0.561. The standard InChI is InChI=1S/C46H28O3S/c47-50(48,31-13-2-1-3-14-31)32-25-22-30(23-26-32)43-36-18-8-10-20-38(36)44(39-21-11-9-19-37(39)43)40-28-42-46(35-17-7-6-16-34(35)40)45-33-15-5-4-12-29(33)24-27-41(45)49-42/h1-28H. The first-order valence-electron chi connectivity index (χ1n) is 16.7. The molecule has 0 aliphatic carbocycles. The Balaban J connectivity index is 1.26. The van der Waals surface area contributed by atoms with Gasteiger partial charge in [0.25, 0.3) is 0 Å². The van der Waals surface area contributed by atoms with E-state index in [0.29, 0.717) is 0 Å². The summed E-state index contributed by atoms with van der Waals surface area (Å²) in [5, 5.41) is 11.4. The number of fused-ring (bicyclic) bond motifs is 9. The Morgan fingerprint density at radius 1 is 0.380 bits per heavy atom. The molecule has 0 spiro atoms. The summed E-state index contributed by atoms with van der Waals surface area (Å²) in [7, 11) is -3.64. The third kappa shape index (κ3) is 4.19. The average molecular weight is 661 g/mol. The zero-order valence-corrected chi connectivity index (χ0v) is 27.6. The van der Waals surface area contributed by atoms with E-state index in [-0.39, 0.29) is 9.79 Å². The molecule has 0 aliphatic rings. The summed E-state index contributed by atoms with van der Waals surface area (Å²) in [6.45, 7) is 0. The molecule has 0 unspecified atom stereocenters. The molecule has 0 amide bonds. The van der Waals surface area contributed by atoms with Gasteiger partial charge < -0.3 is 4.42 Å². The van der Waals surface area contributed by atoms with E-state index in [2.05, 4.69) is 115 Å². The number of hydrogen-bond donors (Lipinski definition) is 0. The fourth-order valence-electron chi connectivity index (χ4n) is 7.87. The first-order chi connectivity index (χ1) is 24.6. The molecule has 50 heavy (non-hydrogen) atoms. The van der Waals surface area contributed by atoms with Crippen LogP contribution in [0.5, 0.6) is 0 Å². The molecule has 0 fully saturated rings. The second-order valence-corrected chi connectivity index (χ2v) is 14.7. The van der Waals surface area contributed by atoms with Gasteiger partial charge in [0.15, 0.2) is 0 Å². The van der Waals surface area contributed by atoms with Crippen LogP contribution in [0.1, 0.15) is 0 Å². The van der Waals surface area contributed by atoms with E-state index in [1.165, 1.54) is 10.8 Å². The maximum atomic E-state index is 13.4. The lowest BCUT2D eigenvalue weighted by Crippen LogP contribution is -2.01. The van der Waals surface area contributed by atoms with Crippen LogP contribution in [0.2, 0.25) is 0 Å². The van der Waals surface area contributed by atoms with Gasteiger partial charge in [-0.25, -0.2) is 8.42 Å². The van der Waals surface area contributed by atoms with Crippen LogP contribution in [0.15, 0.2) is 184 Å². The number of sulfone groups is 1. The Hall–Kier alpha value is -6.23. The average Bonchev–Trinajstić information content (AvgIpc) is 3.56. The first kappa shape index (κ1) is 28.8. The largest absolute Gasteiger partial charge is 0.456 e. The highest BCUT2D eigenvalue weighted by Gasteiger charge is 2.22. The second kappa shape index (κ2) is 10.9. The lowest BCUT2D eigenvalue weighted by Gasteiger charge is -2.19. The molecular formula is C46H28O3S. The normalized spacial score (nSPS) is 12.2. The lowest BCUT2D eigenvalue weighted by molar-refractivity contribution is 0.596. The van der Waals surface area contributed by atoms with Crippen LogP contribution in [0.3, 0.4) is 0 Å². The maximum absolute atomic E-state index is 13.4. The lowest BCUT2D eigenvalue weighted by atomic mass is 9.84. The van der Waals surface area contributed by atoms with Gasteiger partial charge in [-0.3, -0.25) is 0 Å². The molecular weight excluding hydrogens is 633 g/mol. The Morgan fingerprint density at radius 2 is 0.880 bits per heavy atom. The van der Waals surface area contributed by atoms with Crippen LogP contribution >= 0.6 is 0 Å². The van der Waals surface area contributed by atoms with Crippen molar-refractivity contribution >= 4 is 74.9 Å². The molecule has 0 saturated heterocycles. The molecule has 0 atom stereocenters.